The molecule has 0 saturated carbocycles. The second-order valence-electron chi connectivity index (χ2n) is 2.99. The third kappa shape index (κ3) is 2.82. The van der Waals surface area contributed by atoms with Gasteiger partial charge < -0.3 is 9.84 Å². The maximum Gasteiger partial charge on any atom is 0.144 e. The van der Waals surface area contributed by atoms with Crippen LogP contribution in [-0.4, -0.2) is 11.7 Å². The highest BCUT2D eigenvalue weighted by molar-refractivity contribution is 5.22. The Morgan fingerprint density at radius 3 is 3.08 bits per heavy atom. The van der Waals surface area contributed by atoms with Crippen molar-refractivity contribution < 1.29 is 9.84 Å². The minimum absolute atomic E-state index is 0.0625. The average Bonchev–Trinajstić information content (AvgIpc) is 2.01. The number of hydrogen-bond acceptors (Lipinski definition) is 2. The van der Waals surface area contributed by atoms with Gasteiger partial charge in [0.25, 0.3) is 0 Å². The molecule has 0 aromatic heterocycles. The highest BCUT2D eigenvalue weighted by Crippen LogP contribution is 2.17. The van der Waals surface area contributed by atoms with Crippen molar-refractivity contribution >= 4 is 0 Å². The molecule has 12 heavy (non-hydrogen) atoms. The molecular weight excluding hydrogens is 152 g/mol. The molecule has 1 aliphatic carbocycles. The summed E-state index contributed by atoms with van der Waals surface area (Å²) in [6, 6.07) is 0. The number of aliphatic hydroxyl groups excluding tert-OH is 1. The first-order valence-electron chi connectivity index (χ1n) is 4.05. The first-order chi connectivity index (χ1) is 5.68. The van der Waals surface area contributed by atoms with Gasteiger partial charge in [-0.3, -0.25) is 0 Å². The van der Waals surface area contributed by atoms with E-state index in [1.807, 2.05) is 12.2 Å². The molecule has 0 amide bonds. The molecule has 1 N–H and O–H groups in total. The van der Waals surface area contributed by atoms with Crippen molar-refractivity contribution in [3.05, 3.63) is 35.8 Å². The second kappa shape index (κ2) is 4.00. The molecule has 0 atom stereocenters. The van der Waals surface area contributed by atoms with Crippen molar-refractivity contribution in [2.24, 2.45) is 0 Å². The van der Waals surface area contributed by atoms with E-state index >= 15 is 0 Å². The fourth-order valence-corrected chi connectivity index (χ4v) is 1.08. The van der Waals surface area contributed by atoms with Gasteiger partial charge in [0.15, 0.2) is 0 Å². The van der Waals surface area contributed by atoms with E-state index in [1.165, 1.54) is 5.57 Å². The molecule has 0 unspecified atom stereocenters. The van der Waals surface area contributed by atoms with Gasteiger partial charge in [-0.2, -0.15) is 0 Å². The number of hydrogen-bond donors (Lipinski definition) is 1. The number of rotatable bonds is 3. The standard InChI is InChI=1S/C10H14O2/c1-8-4-3-5-10(6-8)12-7-9(2)11/h5-6,11H,2-4,7H2,1H3. The van der Waals surface area contributed by atoms with E-state index in [9.17, 15) is 0 Å². The Hall–Kier alpha value is -1.18. The van der Waals surface area contributed by atoms with E-state index in [-0.39, 0.29) is 12.4 Å². The smallest absolute Gasteiger partial charge is 0.144 e. The molecule has 1 aliphatic rings. The van der Waals surface area contributed by atoms with Crippen molar-refractivity contribution in [2.45, 2.75) is 19.8 Å². The SMILES string of the molecule is C=C(O)COC1=CCCC(C)=C1. The minimum Gasteiger partial charge on any atom is -0.509 e. The summed E-state index contributed by atoms with van der Waals surface area (Å²) in [5.41, 5.74) is 1.32. The molecule has 0 fully saturated rings. The topological polar surface area (TPSA) is 29.5 Å². The first-order valence-corrected chi connectivity index (χ1v) is 4.05. The molecule has 0 bridgehead atoms. The van der Waals surface area contributed by atoms with E-state index < -0.39 is 0 Å². The lowest BCUT2D eigenvalue weighted by atomic mass is 10.1. The summed E-state index contributed by atoms with van der Waals surface area (Å²) in [7, 11) is 0. The number of aliphatic hydroxyl groups is 1. The van der Waals surface area contributed by atoms with Crippen molar-refractivity contribution in [2.75, 3.05) is 6.61 Å². The summed E-state index contributed by atoms with van der Waals surface area (Å²) in [6.45, 7) is 5.60. The maximum absolute atomic E-state index is 8.78. The highest BCUT2D eigenvalue weighted by atomic mass is 16.5. The van der Waals surface area contributed by atoms with Crippen LogP contribution in [0.3, 0.4) is 0 Å². The quantitative estimate of drug-likeness (QED) is 0.653. The molecule has 0 spiro atoms. The van der Waals surface area contributed by atoms with Gasteiger partial charge in [-0.15, -0.1) is 0 Å². The van der Waals surface area contributed by atoms with Crippen LogP contribution in [0.2, 0.25) is 0 Å². The summed E-state index contributed by atoms with van der Waals surface area (Å²) in [5, 5.41) is 8.78. The summed E-state index contributed by atoms with van der Waals surface area (Å²) in [4.78, 5) is 0. The zero-order valence-electron chi connectivity index (χ0n) is 7.34. The van der Waals surface area contributed by atoms with E-state index in [0.29, 0.717) is 0 Å². The maximum atomic E-state index is 8.78. The molecule has 1 rings (SSSR count). The van der Waals surface area contributed by atoms with Gasteiger partial charge >= 0.3 is 0 Å². The van der Waals surface area contributed by atoms with Crippen molar-refractivity contribution in [3.63, 3.8) is 0 Å². The average molecular weight is 166 g/mol. The Bertz CT molecular complexity index is 236. The predicted molar refractivity (Wildman–Crippen MR) is 48.8 cm³/mol. The van der Waals surface area contributed by atoms with Gasteiger partial charge in [-0.05, 0) is 31.9 Å². The first kappa shape index (κ1) is 8.91. The lowest BCUT2D eigenvalue weighted by Crippen LogP contribution is -1.98. The van der Waals surface area contributed by atoms with Crippen LogP contribution in [0.15, 0.2) is 35.8 Å². The number of allylic oxidation sites excluding steroid dienone is 3. The van der Waals surface area contributed by atoms with Gasteiger partial charge in [-0.1, -0.05) is 12.2 Å². The van der Waals surface area contributed by atoms with Crippen LogP contribution >= 0.6 is 0 Å². The molecule has 2 nitrogen and oxygen atoms in total. The van der Waals surface area contributed by atoms with E-state index in [2.05, 4.69) is 13.5 Å². The third-order valence-corrected chi connectivity index (χ3v) is 1.68. The molecule has 2 heteroatoms. The van der Waals surface area contributed by atoms with Crippen LogP contribution in [0.1, 0.15) is 19.8 Å². The predicted octanol–water partition coefficient (Wildman–Crippen LogP) is 2.70. The Labute approximate surface area is 72.9 Å². The largest absolute Gasteiger partial charge is 0.509 e. The second-order valence-corrected chi connectivity index (χ2v) is 2.99. The van der Waals surface area contributed by atoms with Crippen LogP contribution in [0.5, 0.6) is 0 Å². The molecular formula is C10H14O2. The van der Waals surface area contributed by atoms with Crippen LogP contribution in [0.4, 0.5) is 0 Å². The fraction of sp³-hybridized carbons (Fsp3) is 0.400. The third-order valence-electron chi connectivity index (χ3n) is 1.68. The van der Waals surface area contributed by atoms with Crippen LogP contribution in [-0.2, 0) is 4.74 Å². The van der Waals surface area contributed by atoms with Gasteiger partial charge in [0.1, 0.15) is 18.1 Å². The summed E-state index contributed by atoms with van der Waals surface area (Å²) < 4.78 is 5.25. The zero-order valence-corrected chi connectivity index (χ0v) is 7.34. The molecule has 0 aromatic carbocycles. The van der Waals surface area contributed by atoms with Crippen molar-refractivity contribution in [3.8, 4) is 0 Å². The minimum atomic E-state index is 0.0625. The highest BCUT2D eigenvalue weighted by Gasteiger charge is 2.02. The molecule has 66 valence electrons. The van der Waals surface area contributed by atoms with E-state index in [1.54, 1.807) is 0 Å². The zero-order chi connectivity index (χ0) is 8.97. The van der Waals surface area contributed by atoms with Crippen LogP contribution < -0.4 is 0 Å². The molecule has 0 radical (unpaired) electrons. The fourth-order valence-electron chi connectivity index (χ4n) is 1.08. The van der Waals surface area contributed by atoms with Gasteiger partial charge in [0.2, 0.25) is 0 Å². The molecule has 0 aromatic rings. The Kier molecular flexibility index (Phi) is 2.97. The van der Waals surface area contributed by atoms with Gasteiger partial charge in [-0.25, -0.2) is 0 Å². The molecule has 0 saturated heterocycles. The van der Waals surface area contributed by atoms with E-state index in [0.717, 1.165) is 18.6 Å². The Morgan fingerprint density at radius 2 is 2.50 bits per heavy atom. The van der Waals surface area contributed by atoms with Crippen molar-refractivity contribution in [1.29, 1.82) is 0 Å². The van der Waals surface area contributed by atoms with Crippen molar-refractivity contribution in [1.82, 2.24) is 0 Å². The van der Waals surface area contributed by atoms with E-state index in [4.69, 9.17) is 9.84 Å². The molecule has 0 heterocycles. The summed E-state index contributed by atoms with van der Waals surface area (Å²) in [6.07, 6.45) is 6.14. The number of ether oxygens (including phenoxy) is 1. The lowest BCUT2D eigenvalue weighted by molar-refractivity contribution is 0.203. The van der Waals surface area contributed by atoms with Crippen LogP contribution in [0, 0.1) is 0 Å². The Balaban J connectivity index is 2.42. The summed E-state index contributed by atoms with van der Waals surface area (Å²) in [5.74, 6) is 0.904. The van der Waals surface area contributed by atoms with Gasteiger partial charge in [0.05, 0.1) is 0 Å². The Morgan fingerprint density at radius 1 is 1.75 bits per heavy atom. The monoisotopic (exact) mass is 166 g/mol. The van der Waals surface area contributed by atoms with Crippen LogP contribution in [0.25, 0.3) is 0 Å². The normalized spacial score (nSPS) is 16.4. The molecule has 0 aliphatic heterocycles. The van der Waals surface area contributed by atoms with Gasteiger partial charge in [0, 0.05) is 0 Å². The lowest BCUT2D eigenvalue weighted by Gasteiger charge is -2.11. The summed E-state index contributed by atoms with van der Waals surface area (Å²) >= 11 is 0.